The lowest BCUT2D eigenvalue weighted by atomic mass is 9.80. The van der Waals surface area contributed by atoms with Crippen LogP contribution in [-0.2, 0) is 29.1 Å². The summed E-state index contributed by atoms with van der Waals surface area (Å²) < 4.78 is 38.1. The molecule has 188 valence electrons. The summed E-state index contributed by atoms with van der Waals surface area (Å²) in [6.07, 6.45) is 1.66. The van der Waals surface area contributed by atoms with Gasteiger partial charge in [-0.25, -0.2) is 13.1 Å². The topological polar surface area (TPSA) is 167 Å². The molecule has 35 heavy (non-hydrogen) atoms. The Bertz CT molecular complexity index is 1150. The van der Waals surface area contributed by atoms with Gasteiger partial charge in [0.25, 0.3) is 0 Å². The first-order valence-corrected chi connectivity index (χ1v) is 12.7. The molecule has 2 unspecified atom stereocenters. The number of aliphatic hydroxyl groups is 1. The molecular weight excluding hydrogens is 476 g/mol. The maximum atomic E-state index is 12.9. The highest BCUT2D eigenvalue weighted by Crippen LogP contribution is 2.25. The van der Waals surface area contributed by atoms with Gasteiger partial charge in [-0.3, -0.25) is 15.0 Å². The van der Waals surface area contributed by atoms with Crippen LogP contribution < -0.4 is 10.1 Å². The molecule has 0 spiro atoms. The molecule has 1 fully saturated rings. The van der Waals surface area contributed by atoms with Crippen LogP contribution in [0.15, 0.2) is 45.4 Å². The number of hydrazone groups is 1. The molecule has 12 heteroatoms. The van der Waals surface area contributed by atoms with Crippen molar-refractivity contribution in [2.45, 2.75) is 37.2 Å². The third-order valence-corrected chi connectivity index (χ3v) is 7.17. The number of ketones is 2. The van der Waals surface area contributed by atoms with Crippen molar-refractivity contribution in [2.24, 2.45) is 11.0 Å². The molecule has 3 N–H and O–H groups in total. The summed E-state index contributed by atoms with van der Waals surface area (Å²) in [6.45, 7) is 2.27. The molecule has 1 heterocycles. The van der Waals surface area contributed by atoms with Crippen LogP contribution in [0.3, 0.4) is 0 Å². The van der Waals surface area contributed by atoms with Crippen LogP contribution in [0.4, 0.5) is 5.69 Å². The Morgan fingerprint density at radius 3 is 2.60 bits per heavy atom. The summed E-state index contributed by atoms with van der Waals surface area (Å²) >= 11 is 0. The summed E-state index contributed by atoms with van der Waals surface area (Å²) in [4.78, 5) is 25.6. The van der Waals surface area contributed by atoms with Crippen molar-refractivity contribution < 1.29 is 32.6 Å². The van der Waals surface area contributed by atoms with E-state index in [2.05, 4.69) is 15.2 Å². The van der Waals surface area contributed by atoms with E-state index in [9.17, 15) is 23.3 Å². The Hall–Kier alpha value is -2.95. The van der Waals surface area contributed by atoms with Gasteiger partial charge in [0.05, 0.1) is 35.8 Å². The predicted molar refractivity (Wildman–Crippen MR) is 126 cm³/mol. The highest BCUT2D eigenvalue weighted by molar-refractivity contribution is 7.89. The van der Waals surface area contributed by atoms with Crippen molar-refractivity contribution >= 4 is 33.0 Å². The smallest absolute Gasteiger partial charge is 0.240 e. The third-order valence-electron chi connectivity index (χ3n) is 5.73. The monoisotopic (exact) mass is 504 g/mol. The number of anilines is 1. The van der Waals surface area contributed by atoms with Gasteiger partial charge in [0, 0.05) is 25.3 Å². The van der Waals surface area contributed by atoms with Crippen LogP contribution in [-0.4, -0.2) is 69.9 Å². The van der Waals surface area contributed by atoms with Gasteiger partial charge < -0.3 is 14.6 Å². The Kier molecular flexibility index (Phi) is 9.25. The molecule has 0 bridgehead atoms. The number of rotatable bonds is 11. The number of carbonyl (C=O) groups excluding carboxylic acids is 2. The Labute approximate surface area is 203 Å². The SMILES string of the molecule is CC1=C(C#N)C(=O)C(CCOCCO)C(=O)/C1=N\Nc1ccc(S(=O)(=O)NCC2CCCO2)cc1. The second kappa shape index (κ2) is 12.1. The largest absolute Gasteiger partial charge is 0.394 e. The first-order chi connectivity index (χ1) is 16.8. The standard InChI is InChI=1S/C23H28N4O7S/c1-15-20(13-24)22(29)19(8-11-33-12-9-28)23(30)21(15)27-26-16-4-6-18(7-5-16)35(31,32)25-14-17-3-2-10-34-17/h4-7,17,19,25-26,28H,2-3,8-12,14H2,1H3/b27-21-. The zero-order valence-corrected chi connectivity index (χ0v) is 20.1. The van der Waals surface area contributed by atoms with Gasteiger partial charge in [0.15, 0.2) is 11.6 Å². The Morgan fingerprint density at radius 1 is 1.23 bits per heavy atom. The van der Waals surface area contributed by atoms with E-state index in [1.165, 1.54) is 31.2 Å². The number of hydrogen-bond acceptors (Lipinski definition) is 10. The van der Waals surface area contributed by atoms with Crippen molar-refractivity contribution in [3.63, 3.8) is 0 Å². The molecule has 0 radical (unpaired) electrons. The summed E-state index contributed by atoms with van der Waals surface area (Å²) in [7, 11) is -3.71. The van der Waals surface area contributed by atoms with Crippen LogP contribution in [0.2, 0.25) is 0 Å². The molecule has 0 amide bonds. The van der Waals surface area contributed by atoms with Gasteiger partial charge >= 0.3 is 0 Å². The zero-order chi connectivity index (χ0) is 25.4. The number of sulfonamides is 1. The van der Waals surface area contributed by atoms with Gasteiger partial charge in [0.1, 0.15) is 17.4 Å². The van der Waals surface area contributed by atoms with Gasteiger partial charge in [-0.1, -0.05) is 0 Å². The molecule has 1 aliphatic carbocycles. The number of nitriles is 1. The highest BCUT2D eigenvalue weighted by Gasteiger charge is 2.39. The van der Waals surface area contributed by atoms with E-state index in [0.717, 1.165) is 12.8 Å². The molecule has 11 nitrogen and oxygen atoms in total. The van der Waals surface area contributed by atoms with E-state index in [-0.39, 0.29) is 60.6 Å². The summed E-state index contributed by atoms with van der Waals surface area (Å²) in [6, 6.07) is 7.63. The zero-order valence-electron chi connectivity index (χ0n) is 19.3. The fourth-order valence-electron chi connectivity index (χ4n) is 3.77. The van der Waals surface area contributed by atoms with E-state index >= 15 is 0 Å². The van der Waals surface area contributed by atoms with Crippen LogP contribution >= 0.6 is 0 Å². The predicted octanol–water partition coefficient (Wildman–Crippen LogP) is 0.919. The van der Waals surface area contributed by atoms with Crippen LogP contribution in [0.25, 0.3) is 0 Å². The van der Waals surface area contributed by atoms with Gasteiger partial charge in [-0.05, 0) is 50.5 Å². The lowest BCUT2D eigenvalue weighted by molar-refractivity contribution is -0.128. The van der Waals surface area contributed by atoms with E-state index in [0.29, 0.717) is 12.3 Å². The fourth-order valence-corrected chi connectivity index (χ4v) is 4.84. The second-order valence-electron chi connectivity index (χ2n) is 8.10. The quantitative estimate of drug-likeness (QED) is 0.225. The highest BCUT2D eigenvalue weighted by atomic mass is 32.2. The minimum Gasteiger partial charge on any atom is -0.394 e. The summed E-state index contributed by atoms with van der Waals surface area (Å²) in [5, 5.41) is 22.3. The van der Waals surface area contributed by atoms with Gasteiger partial charge in [0.2, 0.25) is 10.0 Å². The third kappa shape index (κ3) is 6.59. The van der Waals surface area contributed by atoms with E-state index in [1.807, 2.05) is 6.07 Å². The van der Waals surface area contributed by atoms with E-state index < -0.39 is 27.5 Å². The van der Waals surface area contributed by atoms with Crippen molar-refractivity contribution in [3.8, 4) is 6.07 Å². The molecular formula is C23H28N4O7S. The van der Waals surface area contributed by atoms with Crippen molar-refractivity contribution in [3.05, 3.63) is 35.4 Å². The minimum atomic E-state index is -3.71. The fraction of sp³-hybridized carbons (Fsp3) is 0.478. The summed E-state index contributed by atoms with van der Waals surface area (Å²) in [5.41, 5.74) is 3.08. The number of carbonyl (C=O) groups is 2. The van der Waals surface area contributed by atoms with Crippen molar-refractivity contribution in [2.75, 3.05) is 38.4 Å². The lowest BCUT2D eigenvalue weighted by Crippen LogP contribution is -2.38. The molecule has 0 aromatic heterocycles. The van der Waals surface area contributed by atoms with Gasteiger partial charge in [-0.2, -0.15) is 10.4 Å². The van der Waals surface area contributed by atoms with Crippen LogP contribution in [0, 0.1) is 17.2 Å². The first-order valence-electron chi connectivity index (χ1n) is 11.2. The Balaban J connectivity index is 1.71. The average molecular weight is 505 g/mol. The van der Waals surface area contributed by atoms with Crippen molar-refractivity contribution in [1.29, 1.82) is 5.26 Å². The number of aliphatic hydroxyl groups excluding tert-OH is 1. The number of nitrogens with zero attached hydrogens (tertiary/aromatic N) is 2. The molecule has 1 aromatic carbocycles. The van der Waals surface area contributed by atoms with Gasteiger partial charge in [-0.15, -0.1) is 0 Å². The molecule has 2 aliphatic rings. The van der Waals surface area contributed by atoms with Crippen LogP contribution in [0.5, 0.6) is 0 Å². The minimum absolute atomic E-state index is 0.0526. The molecule has 1 aromatic rings. The number of nitrogens with one attached hydrogen (secondary N) is 2. The molecule has 3 rings (SSSR count). The Morgan fingerprint density at radius 2 is 1.97 bits per heavy atom. The average Bonchev–Trinajstić information content (AvgIpc) is 3.37. The maximum Gasteiger partial charge on any atom is 0.240 e. The normalized spacial score (nSPS) is 22.0. The number of hydrogen-bond donors (Lipinski definition) is 3. The van der Waals surface area contributed by atoms with Crippen molar-refractivity contribution in [1.82, 2.24) is 4.72 Å². The number of benzene rings is 1. The number of allylic oxidation sites excluding steroid dienone is 2. The summed E-state index contributed by atoms with van der Waals surface area (Å²) in [5.74, 6) is -2.22. The molecule has 1 aliphatic heterocycles. The van der Waals surface area contributed by atoms with E-state index in [1.54, 1.807) is 0 Å². The number of Topliss-reactive ketones (excluding diaryl/α,β-unsaturated/α-hetero) is 2. The number of ether oxygens (including phenoxy) is 2. The maximum absolute atomic E-state index is 12.9. The van der Waals surface area contributed by atoms with E-state index in [4.69, 9.17) is 14.6 Å². The van der Waals surface area contributed by atoms with Crippen LogP contribution in [0.1, 0.15) is 26.2 Å². The first kappa shape index (κ1) is 26.7. The second-order valence-corrected chi connectivity index (χ2v) is 9.87. The lowest BCUT2D eigenvalue weighted by Gasteiger charge is -2.22. The molecule has 2 atom stereocenters. The molecule has 1 saturated heterocycles. The molecule has 0 saturated carbocycles.